The van der Waals surface area contributed by atoms with Gasteiger partial charge in [-0.05, 0) is 61.9 Å². The Morgan fingerprint density at radius 1 is 1.31 bits per heavy atom. The summed E-state index contributed by atoms with van der Waals surface area (Å²) in [4.78, 5) is 25.3. The van der Waals surface area contributed by atoms with E-state index < -0.39 is 21.7 Å². The van der Waals surface area contributed by atoms with Crippen molar-refractivity contribution in [1.82, 2.24) is 4.72 Å². The van der Waals surface area contributed by atoms with Crippen LogP contribution in [-0.2, 0) is 22.9 Å². The lowest BCUT2D eigenvalue weighted by Gasteiger charge is -2.26. The second-order valence-corrected chi connectivity index (χ2v) is 9.65. The van der Waals surface area contributed by atoms with Gasteiger partial charge < -0.3 is 14.8 Å². The molecule has 0 saturated carbocycles. The van der Waals surface area contributed by atoms with E-state index in [1.807, 2.05) is 10.8 Å². The zero-order chi connectivity index (χ0) is 21.0. The third kappa shape index (κ3) is 3.44. The molecule has 1 aromatic carbocycles. The second-order valence-electron chi connectivity index (χ2n) is 8.03. The van der Waals surface area contributed by atoms with Crippen molar-refractivity contribution >= 4 is 27.5 Å². The van der Waals surface area contributed by atoms with E-state index in [4.69, 9.17) is 4.42 Å². The number of hydrogen-bond donors (Lipinski definition) is 3. The number of Topliss-reactive ketones (excluding diaryl/α,β-unsaturated/α-hetero) is 1. The highest BCUT2D eigenvalue weighted by Gasteiger charge is 2.42. The number of nitrogens with one attached hydrogen (secondary N) is 2. The molecule has 9 heteroatoms. The molecule has 29 heavy (non-hydrogen) atoms. The number of rotatable bonds is 4. The maximum absolute atomic E-state index is 12.8. The van der Waals surface area contributed by atoms with E-state index >= 15 is 0 Å². The molecule has 0 fully saturated rings. The molecule has 1 unspecified atom stereocenters. The monoisotopic (exact) mass is 418 g/mol. The Morgan fingerprint density at radius 2 is 2.07 bits per heavy atom. The van der Waals surface area contributed by atoms with Gasteiger partial charge in [0, 0.05) is 17.9 Å². The van der Waals surface area contributed by atoms with E-state index in [-0.39, 0.29) is 23.2 Å². The SMILES string of the molecule is CC(C)(O)C1CC(=O)c2c1cc1c(c2NC(=O)NS(=O)(=O)c2ccco2)CCC1. The van der Waals surface area contributed by atoms with Crippen LogP contribution in [0.25, 0.3) is 0 Å². The second kappa shape index (κ2) is 6.70. The molecule has 0 spiro atoms. The van der Waals surface area contributed by atoms with Gasteiger partial charge in [-0.3, -0.25) is 4.79 Å². The van der Waals surface area contributed by atoms with Gasteiger partial charge in [0.25, 0.3) is 10.0 Å². The number of hydrogen-bond acceptors (Lipinski definition) is 6. The minimum Gasteiger partial charge on any atom is -0.451 e. The van der Waals surface area contributed by atoms with Crippen LogP contribution in [-0.4, -0.2) is 30.9 Å². The molecule has 1 heterocycles. The summed E-state index contributed by atoms with van der Waals surface area (Å²) in [6, 6.07) is 3.61. The number of urea groups is 1. The summed E-state index contributed by atoms with van der Waals surface area (Å²) in [5.74, 6) is -0.558. The van der Waals surface area contributed by atoms with Crippen LogP contribution in [0.15, 0.2) is 34.0 Å². The average Bonchev–Trinajstić information content (AvgIpc) is 3.33. The molecular formula is C20H22N2O6S. The van der Waals surface area contributed by atoms with Crippen LogP contribution in [0.3, 0.4) is 0 Å². The number of sulfonamides is 1. The van der Waals surface area contributed by atoms with Crippen molar-refractivity contribution in [2.24, 2.45) is 0 Å². The average molecular weight is 418 g/mol. The number of ketones is 1. The van der Waals surface area contributed by atoms with E-state index in [2.05, 4.69) is 5.32 Å². The summed E-state index contributed by atoms with van der Waals surface area (Å²) in [6.07, 6.45) is 3.70. The van der Waals surface area contributed by atoms with Gasteiger partial charge in [-0.1, -0.05) is 6.07 Å². The van der Waals surface area contributed by atoms with Gasteiger partial charge in [-0.25, -0.2) is 9.52 Å². The molecule has 3 N–H and O–H groups in total. The molecule has 2 amide bonds. The van der Waals surface area contributed by atoms with Crippen LogP contribution in [0.5, 0.6) is 0 Å². The topological polar surface area (TPSA) is 126 Å². The highest BCUT2D eigenvalue weighted by atomic mass is 32.2. The van der Waals surface area contributed by atoms with Crippen LogP contribution in [0.2, 0.25) is 0 Å². The van der Waals surface area contributed by atoms with Crippen molar-refractivity contribution in [2.45, 2.75) is 56.1 Å². The van der Waals surface area contributed by atoms with E-state index in [0.29, 0.717) is 23.2 Å². The summed E-state index contributed by atoms with van der Waals surface area (Å²) in [5.41, 5.74) is 2.17. The fourth-order valence-corrected chi connectivity index (χ4v) is 5.07. The van der Waals surface area contributed by atoms with Gasteiger partial charge in [-0.2, -0.15) is 8.42 Å². The van der Waals surface area contributed by atoms with Gasteiger partial charge in [0.05, 0.1) is 17.6 Å². The predicted octanol–water partition coefficient (Wildman–Crippen LogP) is 2.72. The Bertz CT molecular complexity index is 1100. The highest BCUT2D eigenvalue weighted by Crippen LogP contribution is 2.46. The molecule has 2 aliphatic rings. The molecular weight excluding hydrogens is 396 g/mol. The molecule has 1 atom stereocenters. The summed E-state index contributed by atoms with van der Waals surface area (Å²) in [5, 5.41) is 12.7. The number of amides is 2. The number of anilines is 1. The molecule has 0 radical (unpaired) electrons. The lowest BCUT2D eigenvalue weighted by Crippen LogP contribution is -2.35. The summed E-state index contributed by atoms with van der Waals surface area (Å²) in [7, 11) is -4.17. The Kier molecular flexibility index (Phi) is 4.54. The Labute approximate surface area is 168 Å². The number of carbonyl (C=O) groups is 2. The third-order valence-corrected chi connectivity index (χ3v) is 6.77. The van der Waals surface area contributed by atoms with Gasteiger partial charge in [0.2, 0.25) is 5.09 Å². The van der Waals surface area contributed by atoms with E-state index in [1.54, 1.807) is 13.8 Å². The van der Waals surface area contributed by atoms with Crippen LogP contribution in [0.1, 0.15) is 59.7 Å². The molecule has 2 aromatic rings. The van der Waals surface area contributed by atoms with E-state index in [9.17, 15) is 23.1 Å². The molecule has 154 valence electrons. The number of aliphatic hydroxyl groups is 1. The smallest absolute Gasteiger partial charge is 0.333 e. The Balaban J connectivity index is 1.71. The maximum Gasteiger partial charge on any atom is 0.333 e. The first-order chi connectivity index (χ1) is 13.6. The lowest BCUT2D eigenvalue weighted by atomic mass is 9.84. The zero-order valence-corrected chi connectivity index (χ0v) is 16.9. The van der Waals surface area contributed by atoms with E-state index in [1.165, 1.54) is 18.4 Å². The fraction of sp³-hybridized carbons (Fsp3) is 0.400. The van der Waals surface area contributed by atoms with Gasteiger partial charge in [-0.15, -0.1) is 0 Å². The van der Waals surface area contributed by atoms with Crippen molar-refractivity contribution in [3.63, 3.8) is 0 Å². The van der Waals surface area contributed by atoms with Crippen molar-refractivity contribution in [1.29, 1.82) is 0 Å². The summed E-state index contributed by atoms with van der Waals surface area (Å²) in [6.45, 7) is 3.31. The van der Waals surface area contributed by atoms with Crippen molar-refractivity contribution in [3.05, 3.63) is 46.7 Å². The lowest BCUT2D eigenvalue weighted by molar-refractivity contribution is 0.0482. The first kappa shape index (κ1) is 19.7. The first-order valence-electron chi connectivity index (χ1n) is 9.39. The van der Waals surface area contributed by atoms with Crippen LogP contribution in [0, 0.1) is 0 Å². The number of carbonyl (C=O) groups excluding carboxylic acids is 2. The predicted molar refractivity (Wildman–Crippen MR) is 105 cm³/mol. The highest BCUT2D eigenvalue weighted by molar-refractivity contribution is 7.89. The molecule has 2 aliphatic carbocycles. The Hall–Kier alpha value is -2.65. The summed E-state index contributed by atoms with van der Waals surface area (Å²) >= 11 is 0. The third-order valence-electron chi connectivity index (χ3n) is 5.55. The molecule has 0 aliphatic heterocycles. The van der Waals surface area contributed by atoms with E-state index in [0.717, 1.165) is 24.0 Å². The van der Waals surface area contributed by atoms with Crippen LogP contribution in [0.4, 0.5) is 10.5 Å². The number of benzene rings is 1. The fourth-order valence-electron chi connectivity index (χ4n) is 4.24. The molecule has 1 aromatic heterocycles. The quantitative estimate of drug-likeness (QED) is 0.701. The minimum absolute atomic E-state index is 0.142. The number of furan rings is 1. The summed E-state index contributed by atoms with van der Waals surface area (Å²) < 4.78 is 31.3. The standard InChI is InChI=1S/C20H22N2O6S/c1-20(2,25)14-10-15(23)17-13(14)9-11-5-3-6-12(11)18(17)21-19(24)22-29(26,27)16-7-4-8-28-16/h4,7-9,14,25H,3,5-6,10H2,1-2H3,(H2,21,22,24). The van der Waals surface area contributed by atoms with Gasteiger partial charge in [0.1, 0.15) is 0 Å². The Morgan fingerprint density at radius 3 is 2.72 bits per heavy atom. The van der Waals surface area contributed by atoms with Crippen LogP contribution >= 0.6 is 0 Å². The van der Waals surface area contributed by atoms with Crippen LogP contribution < -0.4 is 10.0 Å². The van der Waals surface area contributed by atoms with Gasteiger partial charge in [0.15, 0.2) is 5.78 Å². The van der Waals surface area contributed by atoms with Crippen molar-refractivity contribution in [3.8, 4) is 0 Å². The zero-order valence-electron chi connectivity index (χ0n) is 16.1. The largest absolute Gasteiger partial charge is 0.451 e. The number of aryl methyl sites for hydroxylation is 1. The normalized spacial score (nSPS) is 18.4. The minimum atomic E-state index is -4.17. The molecule has 0 saturated heterocycles. The van der Waals surface area contributed by atoms with Crippen molar-refractivity contribution < 1.29 is 27.5 Å². The molecule has 4 rings (SSSR count). The number of fused-ring (bicyclic) bond motifs is 2. The van der Waals surface area contributed by atoms with Crippen molar-refractivity contribution in [2.75, 3.05) is 5.32 Å². The maximum atomic E-state index is 12.8. The molecule has 0 bridgehead atoms. The molecule has 8 nitrogen and oxygen atoms in total. The van der Waals surface area contributed by atoms with Gasteiger partial charge >= 0.3 is 6.03 Å². The first-order valence-corrected chi connectivity index (χ1v) is 10.9.